The van der Waals surface area contributed by atoms with Gasteiger partial charge in [0.1, 0.15) is 5.75 Å². The Balaban J connectivity index is 0.000000212. The van der Waals surface area contributed by atoms with Gasteiger partial charge in [-0.2, -0.15) is 0 Å². The van der Waals surface area contributed by atoms with Crippen molar-refractivity contribution in [2.45, 2.75) is 12.8 Å². The highest BCUT2D eigenvalue weighted by Crippen LogP contribution is 2.04. The standard InChI is InChI=1S/C7H9BO3.C4H8O/c1-11-7-5-3-2-4-6(7)8(9)10;1-2-4-5-3-1/h2-5,9-10H,1H3;1-4H2. The SMILES string of the molecule is C1CCOC1.COc1ccccc1B(O)O. The lowest BCUT2D eigenvalue weighted by Crippen LogP contribution is -2.30. The lowest BCUT2D eigenvalue weighted by atomic mass is 9.80. The third-order valence-electron chi connectivity index (χ3n) is 2.24. The molecule has 1 fully saturated rings. The molecular formula is C11H17BO4. The minimum atomic E-state index is -1.47. The molecule has 0 saturated carbocycles. The van der Waals surface area contributed by atoms with E-state index in [2.05, 4.69) is 0 Å². The van der Waals surface area contributed by atoms with Crippen LogP contribution in [0.4, 0.5) is 0 Å². The Hall–Kier alpha value is -1.04. The Morgan fingerprint density at radius 1 is 1.19 bits per heavy atom. The molecule has 0 amide bonds. The molecule has 0 unspecified atom stereocenters. The smallest absolute Gasteiger partial charge is 0.492 e. The topological polar surface area (TPSA) is 58.9 Å². The van der Waals surface area contributed by atoms with E-state index >= 15 is 0 Å². The predicted octanol–water partition coefficient (Wildman–Crippen LogP) is 0.172. The second-order valence-corrected chi connectivity index (χ2v) is 3.44. The fraction of sp³-hybridized carbons (Fsp3) is 0.455. The second-order valence-electron chi connectivity index (χ2n) is 3.44. The third kappa shape index (κ3) is 4.22. The molecule has 1 aliphatic rings. The minimum Gasteiger partial charge on any atom is -0.497 e. The molecule has 2 N–H and O–H groups in total. The Bertz CT molecular complexity index is 292. The first-order valence-corrected chi connectivity index (χ1v) is 5.32. The average Bonchev–Trinajstić information content (AvgIpc) is 2.87. The van der Waals surface area contributed by atoms with E-state index in [1.807, 2.05) is 0 Å². The van der Waals surface area contributed by atoms with Crippen LogP contribution >= 0.6 is 0 Å². The summed E-state index contributed by atoms with van der Waals surface area (Å²) in [6.45, 7) is 2.00. The summed E-state index contributed by atoms with van der Waals surface area (Å²) in [5, 5.41) is 17.6. The maximum atomic E-state index is 8.81. The summed E-state index contributed by atoms with van der Waals surface area (Å²) in [6.07, 6.45) is 2.56. The zero-order chi connectivity index (χ0) is 11.8. The van der Waals surface area contributed by atoms with E-state index in [0.717, 1.165) is 13.2 Å². The lowest BCUT2D eigenvalue weighted by Gasteiger charge is -2.05. The van der Waals surface area contributed by atoms with E-state index in [1.165, 1.54) is 20.0 Å². The van der Waals surface area contributed by atoms with Gasteiger partial charge in [-0.05, 0) is 18.9 Å². The molecule has 5 heteroatoms. The van der Waals surface area contributed by atoms with Crippen molar-refractivity contribution >= 4 is 12.6 Å². The van der Waals surface area contributed by atoms with E-state index in [-0.39, 0.29) is 0 Å². The normalized spacial score (nSPS) is 13.9. The van der Waals surface area contributed by atoms with E-state index in [1.54, 1.807) is 24.3 Å². The molecule has 0 spiro atoms. The van der Waals surface area contributed by atoms with Gasteiger partial charge < -0.3 is 19.5 Å². The first kappa shape index (κ1) is 13.0. The maximum Gasteiger partial charge on any atom is 0.492 e. The Morgan fingerprint density at radius 2 is 1.81 bits per heavy atom. The van der Waals surface area contributed by atoms with Crippen molar-refractivity contribution < 1.29 is 19.5 Å². The number of ether oxygens (including phenoxy) is 2. The van der Waals surface area contributed by atoms with Crippen LogP contribution in [0.3, 0.4) is 0 Å². The van der Waals surface area contributed by atoms with E-state index in [0.29, 0.717) is 11.2 Å². The molecule has 2 rings (SSSR count). The number of rotatable bonds is 2. The highest BCUT2D eigenvalue weighted by molar-refractivity contribution is 6.59. The number of benzene rings is 1. The van der Waals surface area contributed by atoms with Crippen LogP contribution in [0.2, 0.25) is 0 Å². The van der Waals surface area contributed by atoms with Gasteiger partial charge >= 0.3 is 7.12 Å². The molecular weight excluding hydrogens is 207 g/mol. The molecule has 4 nitrogen and oxygen atoms in total. The van der Waals surface area contributed by atoms with Crippen LogP contribution in [0.1, 0.15) is 12.8 Å². The molecule has 1 aliphatic heterocycles. The van der Waals surface area contributed by atoms with Gasteiger partial charge in [-0.3, -0.25) is 0 Å². The fourth-order valence-corrected chi connectivity index (χ4v) is 1.39. The lowest BCUT2D eigenvalue weighted by molar-refractivity contribution is 0.198. The summed E-state index contributed by atoms with van der Waals surface area (Å²) < 4.78 is 9.83. The zero-order valence-corrected chi connectivity index (χ0v) is 9.43. The molecule has 16 heavy (non-hydrogen) atoms. The van der Waals surface area contributed by atoms with Crippen molar-refractivity contribution in [1.29, 1.82) is 0 Å². The predicted molar refractivity (Wildman–Crippen MR) is 62.9 cm³/mol. The highest BCUT2D eigenvalue weighted by Gasteiger charge is 2.14. The van der Waals surface area contributed by atoms with Crippen molar-refractivity contribution in [2.24, 2.45) is 0 Å². The van der Waals surface area contributed by atoms with Gasteiger partial charge in [0, 0.05) is 18.7 Å². The Kier molecular flexibility index (Phi) is 5.92. The van der Waals surface area contributed by atoms with Crippen LogP contribution < -0.4 is 10.2 Å². The summed E-state index contributed by atoms with van der Waals surface area (Å²) in [4.78, 5) is 0. The van der Waals surface area contributed by atoms with Crippen LogP contribution in [0.25, 0.3) is 0 Å². The van der Waals surface area contributed by atoms with Crippen LogP contribution in [0.5, 0.6) is 5.75 Å². The molecule has 1 heterocycles. The summed E-state index contributed by atoms with van der Waals surface area (Å²) in [6, 6.07) is 6.76. The minimum absolute atomic E-state index is 0.384. The number of hydrogen-bond donors (Lipinski definition) is 2. The third-order valence-corrected chi connectivity index (χ3v) is 2.24. The molecule has 0 aliphatic carbocycles. The van der Waals surface area contributed by atoms with Crippen LogP contribution in [-0.4, -0.2) is 37.5 Å². The van der Waals surface area contributed by atoms with Gasteiger partial charge in [0.2, 0.25) is 0 Å². The van der Waals surface area contributed by atoms with E-state index in [4.69, 9.17) is 19.5 Å². The van der Waals surface area contributed by atoms with Crippen LogP contribution in [-0.2, 0) is 4.74 Å². The molecule has 1 aromatic rings. The van der Waals surface area contributed by atoms with E-state index < -0.39 is 7.12 Å². The van der Waals surface area contributed by atoms with Crippen LogP contribution in [0.15, 0.2) is 24.3 Å². The van der Waals surface area contributed by atoms with Crippen LogP contribution in [0, 0.1) is 0 Å². The summed E-state index contributed by atoms with van der Waals surface area (Å²) in [5.41, 5.74) is 0.384. The zero-order valence-electron chi connectivity index (χ0n) is 9.43. The van der Waals surface area contributed by atoms with Gasteiger partial charge in [-0.25, -0.2) is 0 Å². The monoisotopic (exact) mass is 224 g/mol. The number of methoxy groups -OCH3 is 1. The van der Waals surface area contributed by atoms with Gasteiger partial charge in [-0.1, -0.05) is 18.2 Å². The summed E-state index contributed by atoms with van der Waals surface area (Å²) in [5.74, 6) is 0.488. The first-order valence-electron chi connectivity index (χ1n) is 5.32. The Labute approximate surface area is 96.0 Å². The van der Waals surface area contributed by atoms with Crippen molar-refractivity contribution in [2.75, 3.05) is 20.3 Å². The second kappa shape index (κ2) is 7.27. The molecule has 0 aromatic heterocycles. The molecule has 0 atom stereocenters. The number of hydrogen-bond acceptors (Lipinski definition) is 4. The average molecular weight is 224 g/mol. The molecule has 1 aromatic carbocycles. The fourth-order valence-electron chi connectivity index (χ4n) is 1.39. The van der Waals surface area contributed by atoms with Crippen molar-refractivity contribution in [3.05, 3.63) is 24.3 Å². The van der Waals surface area contributed by atoms with Gasteiger partial charge in [0.15, 0.2) is 0 Å². The molecule has 0 bridgehead atoms. The Morgan fingerprint density at radius 3 is 2.19 bits per heavy atom. The van der Waals surface area contributed by atoms with Crippen molar-refractivity contribution in [1.82, 2.24) is 0 Å². The van der Waals surface area contributed by atoms with Gasteiger partial charge in [-0.15, -0.1) is 0 Å². The summed E-state index contributed by atoms with van der Waals surface area (Å²) in [7, 11) is 0.0208. The van der Waals surface area contributed by atoms with Crippen molar-refractivity contribution in [3.63, 3.8) is 0 Å². The quantitative estimate of drug-likeness (QED) is 0.703. The van der Waals surface area contributed by atoms with Gasteiger partial charge in [0.25, 0.3) is 0 Å². The van der Waals surface area contributed by atoms with E-state index in [9.17, 15) is 0 Å². The summed E-state index contributed by atoms with van der Waals surface area (Å²) >= 11 is 0. The number of para-hydroxylation sites is 1. The van der Waals surface area contributed by atoms with Gasteiger partial charge in [0.05, 0.1) is 7.11 Å². The molecule has 0 radical (unpaired) electrons. The molecule has 88 valence electrons. The molecule has 1 saturated heterocycles. The van der Waals surface area contributed by atoms with Crippen molar-refractivity contribution in [3.8, 4) is 5.75 Å². The maximum absolute atomic E-state index is 8.81. The highest BCUT2D eigenvalue weighted by atomic mass is 16.5. The first-order chi connectivity index (χ1) is 7.75. The largest absolute Gasteiger partial charge is 0.497 e.